The lowest BCUT2D eigenvalue weighted by Gasteiger charge is -2.12. The number of aliphatic imine (C=N–C) groups is 1. The zero-order valence-corrected chi connectivity index (χ0v) is 16.6. The molecule has 0 saturated carbocycles. The van der Waals surface area contributed by atoms with Gasteiger partial charge in [-0.2, -0.15) is 0 Å². The summed E-state index contributed by atoms with van der Waals surface area (Å²) < 4.78 is 25.4. The molecule has 0 aromatic heterocycles. The molecular weight excluding hydrogens is 336 g/mol. The summed E-state index contributed by atoms with van der Waals surface area (Å²) in [6.07, 6.45) is 3.61. The molecule has 142 valence electrons. The predicted molar refractivity (Wildman–Crippen MR) is 105 cm³/mol. The molecule has 0 fully saturated rings. The summed E-state index contributed by atoms with van der Waals surface area (Å²) in [5.74, 6) is 1.53. The minimum Gasteiger partial charge on any atom is -0.356 e. The van der Waals surface area contributed by atoms with E-state index in [9.17, 15) is 8.42 Å². The summed E-state index contributed by atoms with van der Waals surface area (Å²) in [5, 5.41) is 6.59. The molecule has 0 amide bonds. The molecule has 0 aliphatic carbocycles. The van der Waals surface area contributed by atoms with Crippen molar-refractivity contribution in [1.82, 2.24) is 15.4 Å². The van der Waals surface area contributed by atoms with E-state index in [0.29, 0.717) is 6.54 Å². The predicted octanol–water partition coefficient (Wildman–Crippen LogP) is 2.23. The normalized spacial score (nSPS) is 12.4. The Kier molecular flexibility index (Phi) is 9.52. The third-order valence-electron chi connectivity index (χ3n) is 3.87. The Balaban J connectivity index is 2.38. The monoisotopic (exact) mass is 368 g/mol. The zero-order chi connectivity index (χ0) is 18.7. The molecule has 6 nitrogen and oxygen atoms in total. The van der Waals surface area contributed by atoms with Crippen molar-refractivity contribution in [2.45, 2.75) is 45.4 Å². The number of guanidine groups is 1. The van der Waals surface area contributed by atoms with E-state index in [0.717, 1.165) is 36.0 Å². The maximum Gasteiger partial charge on any atom is 0.215 e. The minimum absolute atomic E-state index is 0.00317. The van der Waals surface area contributed by atoms with E-state index in [2.05, 4.69) is 34.2 Å². The van der Waals surface area contributed by atoms with Gasteiger partial charge in [-0.15, -0.1) is 0 Å². The van der Waals surface area contributed by atoms with Gasteiger partial charge in [0.05, 0.1) is 5.75 Å². The summed E-state index contributed by atoms with van der Waals surface area (Å²) >= 11 is 0. The standard InChI is InChI=1S/C18H32N4O2S/c1-15(2)7-5-6-12-21-18(19-3)22-13-16-8-10-17(11-9-16)14-25(23,24)20-4/h8-11,15,20H,5-7,12-14H2,1-4H3,(H2,19,21,22). The molecule has 0 saturated heterocycles. The van der Waals surface area contributed by atoms with Gasteiger partial charge in [0.2, 0.25) is 10.0 Å². The lowest BCUT2D eigenvalue weighted by molar-refractivity contribution is 0.534. The van der Waals surface area contributed by atoms with Crippen LogP contribution in [0.2, 0.25) is 0 Å². The van der Waals surface area contributed by atoms with Crippen LogP contribution in [0.3, 0.4) is 0 Å². The molecule has 1 aromatic rings. The number of nitrogens with zero attached hydrogens (tertiary/aromatic N) is 1. The number of hydrogen-bond donors (Lipinski definition) is 3. The highest BCUT2D eigenvalue weighted by Crippen LogP contribution is 2.08. The largest absolute Gasteiger partial charge is 0.356 e. The number of nitrogens with one attached hydrogen (secondary N) is 3. The Morgan fingerprint density at radius 3 is 2.28 bits per heavy atom. The van der Waals surface area contributed by atoms with Crippen LogP contribution in [-0.2, 0) is 22.3 Å². The van der Waals surface area contributed by atoms with E-state index in [4.69, 9.17) is 0 Å². The molecule has 1 aromatic carbocycles. The van der Waals surface area contributed by atoms with E-state index in [1.165, 1.54) is 19.9 Å². The summed E-state index contributed by atoms with van der Waals surface area (Å²) in [7, 11) is -0.0457. The molecule has 0 aliphatic rings. The average molecular weight is 369 g/mol. The van der Waals surface area contributed by atoms with Crippen LogP contribution in [0.4, 0.5) is 0 Å². The quantitative estimate of drug-likeness (QED) is 0.336. The molecule has 0 atom stereocenters. The van der Waals surface area contributed by atoms with Crippen LogP contribution in [0.15, 0.2) is 29.3 Å². The minimum atomic E-state index is -3.23. The fourth-order valence-electron chi connectivity index (χ4n) is 2.34. The number of hydrogen-bond acceptors (Lipinski definition) is 3. The molecule has 0 spiro atoms. The number of benzene rings is 1. The van der Waals surface area contributed by atoms with Gasteiger partial charge in [0, 0.05) is 20.1 Å². The number of rotatable bonds is 10. The van der Waals surface area contributed by atoms with Crippen molar-refractivity contribution in [2.24, 2.45) is 10.9 Å². The van der Waals surface area contributed by atoms with Gasteiger partial charge in [-0.05, 0) is 30.5 Å². The first-order chi connectivity index (χ1) is 11.9. The molecule has 25 heavy (non-hydrogen) atoms. The van der Waals surface area contributed by atoms with Crippen molar-refractivity contribution in [3.63, 3.8) is 0 Å². The molecule has 0 unspecified atom stereocenters. The van der Waals surface area contributed by atoms with Crippen LogP contribution < -0.4 is 15.4 Å². The Morgan fingerprint density at radius 1 is 1.08 bits per heavy atom. The number of unbranched alkanes of at least 4 members (excludes halogenated alkanes) is 1. The van der Waals surface area contributed by atoms with Crippen LogP contribution in [0, 0.1) is 5.92 Å². The van der Waals surface area contributed by atoms with E-state index in [1.807, 2.05) is 24.3 Å². The second kappa shape index (κ2) is 11.1. The van der Waals surface area contributed by atoms with Gasteiger partial charge in [0.25, 0.3) is 0 Å². The first kappa shape index (κ1) is 21.4. The van der Waals surface area contributed by atoms with Crippen molar-refractivity contribution in [3.05, 3.63) is 35.4 Å². The molecule has 7 heteroatoms. The Hall–Kier alpha value is -1.60. The van der Waals surface area contributed by atoms with Gasteiger partial charge in [-0.25, -0.2) is 13.1 Å². The van der Waals surface area contributed by atoms with Gasteiger partial charge in [-0.1, -0.05) is 51.0 Å². The fraction of sp³-hybridized carbons (Fsp3) is 0.611. The highest BCUT2D eigenvalue weighted by atomic mass is 32.2. The van der Waals surface area contributed by atoms with Crippen molar-refractivity contribution < 1.29 is 8.42 Å². The highest BCUT2D eigenvalue weighted by Gasteiger charge is 2.08. The first-order valence-corrected chi connectivity index (χ1v) is 10.4. The van der Waals surface area contributed by atoms with Crippen LogP contribution in [0.5, 0.6) is 0 Å². The van der Waals surface area contributed by atoms with Crippen molar-refractivity contribution in [1.29, 1.82) is 0 Å². The van der Waals surface area contributed by atoms with Crippen molar-refractivity contribution in [3.8, 4) is 0 Å². The molecule has 0 bridgehead atoms. The van der Waals surface area contributed by atoms with Crippen molar-refractivity contribution >= 4 is 16.0 Å². The maximum absolute atomic E-state index is 11.5. The summed E-state index contributed by atoms with van der Waals surface area (Å²) in [6.45, 7) is 6.04. The molecular formula is C18H32N4O2S. The lowest BCUT2D eigenvalue weighted by Crippen LogP contribution is -2.37. The van der Waals surface area contributed by atoms with Gasteiger partial charge >= 0.3 is 0 Å². The van der Waals surface area contributed by atoms with Gasteiger partial charge in [0.1, 0.15) is 0 Å². The van der Waals surface area contributed by atoms with Crippen LogP contribution in [-0.4, -0.2) is 35.0 Å². The molecule has 0 heterocycles. The Bertz CT molecular complexity index is 625. The van der Waals surface area contributed by atoms with E-state index in [-0.39, 0.29) is 5.75 Å². The van der Waals surface area contributed by atoms with Crippen LogP contribution >= 0.6 is 0 Å². The third-order valence-corrected chi connectivity index (χ3v) is 5.21. The van der Waals surface area contributed by atoms with Gasteiger partial charge in [-0.3, -0.25) is 4.99 Å². The molecule has 0 aliphatic heterocycles. The van der Waals surface area contributed by atoms with Crippen molar-refractivity contribution in [2.75, 3.05) is 20.6 Å². The second-order valence-corrected chi connectivity index (χ2v) is 8.45. The lowest BCUT2D eigenvalue weighted by atomic mass is 10.1. The van der Waals surface area contributed by atoms with Gasteiger partial charge < -0.3 is 10.6 Å². The first-order valence-electron chi connectivity index (χ1n) is 8.80. The van der Waals surface area contributed by atoms with E-state index >= 15 is 0 Å². The molecule has 1 rings (SSSR count). The molecule has 3 N–H and O–H groups in total. The van der Waals surface area contributed by atoms with E-state index in [1.54, 1.807) is 7.05 Å². The smallest absolute Gasteiger partial charge is 0.215 e. The van der Waals surface area contributed by atoms with Crippen LogP contribution in [0.25, 0.3) is 0 Å². The highest BCUT2D eigenvalue weighted by molar-refractivity contribution is 7.88. The topological polar surface area (TPSA) is 82.6 Å². The summed E-state index contributed by atoms with van der Waals surface area (Å²) in [5.41, 5.74) is 1.85. The second-order valence-electron chi connectivity index (χ2n) is 6.52. The van der Waals surface area contributed by atoms with E-state index < -0.39 is 10.0 Å². The SMILES string of the molecule is CN=C(NCCCCC(C)C)NCc1ccc(CS(=O)(=O)NC)cc1. The third kappa shape index (κ3) is 9.45. The fourth-order valence-corrected chi connectivity index (χ4v) is 3.11. The molecule has 0 radical (unpaired) electrons. The number of sulfonamides is 1. The zero-order valence-electron chi connectivity index (χ0n) is 15.8. The summed E-state index contributed by atoms with van der Waals surface area (Å²) in [4.78, 5) is 4.22. The Morgan fingerprint density at radius 2 is 1.72 bits per heavy atom. The Labute approximate surface area is 152 Å². The maximum atomic E-state index is 11.5. The summed E-state index contributed by atoms with van der Waals surface area (Å²) in [6, 6.07) is 7.55. The average Bonchev–Trinajstić information content (AvgIpc) is 2.58. The van der Waals surface area contributed by atoms with Crippen LogP contribution in [0.1, 0.15) is 44.2 Å². The van der Waals surface area contributed by atoms with Gasteiger partial charge in [0.15, 0.2) is 5.96 Å².